The molecule has 3 heteroatoms. The van der Waals surface area contributed by atoms with Gasteiger partial charge in [-0.2, -0.15) is 0 Å². The summed E-state index contributed by atoms with van der Waals surface area (Å²) in [7, 11) is 0. The molecule has 1 heterocycles. The lowest BCUT2D eigenvalue weighted by molar-refractivity contribution is -0.163. The van der Waals surface area contributed by atoms with Gasteiger partial charge in [0.2, 0.25) is 0 Å². The molecule has 0 bridgehead atoms. The summed E-state index contributed by atoms with van der Waals surface area (Å²) >= 11 is 3.57. The number of hydrogen-bond donors (Lipinski definition) is 0. The molecular weight excluding hydrogens is 292 g/mol. The summed E-state index contributed by atoms with van der Waals surface area (Å²) in [4.78, 5) is 0. The second kappa shape index (κ2) is 7.07. The van der Waals surface area contributed by atoms with E-state index in [-0.39, 0.29) is 12.2 Å². The van der Waals surface area contributed by atoms with E-state index in [2.05, 4.69) is 28.6 Å². The second-order valence-corrected chi connectivity index (χ2v) is 5.35. The maximum absolute atomic E-state index is 5.83. The summed E-state index contributed by atoms with van der Waals surface area (Å²) in [6.45, 7) is 5.34. The van der Waals surface area contributed by atoms with E-state index in [0.717, 1.165) is 23.9 Å². The van der Waals surface area contributed by atoms with Gasteiger partial charge in [-0.25, -0.2) is 0 Å². The van der Waals surface area contributed by atoms with Crippen LogP contribution in [-0.2, 0) is 9.47 Å². The van der Waals surface area contributed by atoms with Crippen LogP contribution >= 0.6 is 15.9 Å². The van der Waals surface area contributed by atoms with Crippen molar-refractivity contribution in [3.63, 3.8) is 0 Å². The molecule has 2 atom stereocenters. The van der Waals surface area contributed by atoms with E-state index >= 15 is 0 Å². The van der Waals surface area contributed by atoms with E-state index in [0.29, 0.717) is 6.61 Å². The molecule has 0 spiro atoms. The van der Waals surface area contributed by atoms with Gasteiger partial charge in [-0.3, -0.25) is 0 Å². The first-order valence-corrected chi connectivity index (χ1v) is 7.20. The van der Waals surface area contributed by atoms with Crippen LogP contribution in [-0.4, -0.2) is 19.5 Å². The summed E-state index contributed by atoms with van der Waals surface area (Å²) in [6, 6.07) is 8.19. The average molecular weight is 311 g/mol. The number of benzene rings is 1. The van der Waals surface area contributed by atoms with Crippen molar-refractivity contribution >= 4 is 15.9 Å². The molecule has 1 fully saturated rings. The van der Waals surface area contributed by atoms with Crippen LogP contribution in [0.4, 0.5) is 0 Å². The average Bonchev–Trinajstić information content (AvgIpc) is 2.42. The van der Waals surface area contributed by atoms with E-state index < -0.39 is 0 Å². The van der Waals surface area contributed by atoms with Crippen LogP contribution in [0.5, 0.6) is 0 Å². The van der Waals surface area contributed by atoms with Crippen LogP contribution < -0.4 is 0 Å². The largest absolute Gasteiger partial charge is 0.353 e. The molecule has 98 valence electrons. The zero-order chi connectivity index (χ0) is 12.8. The Kier molecular flexibility index (Phi) is 5.42. The van der Waals surface area contributed by atoms with Gasteiger partial charge < -0.3 is 9.47 Å². The maximum Gasteiger partial charge on any atom is 0.157 e. The van der Waals surface area contributed by atoms with E-state index in [4.69, 9.17) is 9.47 Å². The topological polar surface area (TPSA) is 18.5 Å². The van der Waals surface area contributed by atoms with E-state index in [9.17, 15) is 0 Å². The Balaban J connectivity index is 1.93. The molecule has 1 aliphatic rings. The van der Waals surface area contributed by atoms with Crippen molar-refractivity contribution in [2.24, 2.45) is 0 Å². The van der Waals surface area contributed by atoms with Crippen LogP contribution in [0.2, 0.25) is 0 Å². The normalized spacial score (nSPS) is 21.5. The Labute approximate surface area is 117 Å². The Morgan fingerprint density at radius 1 is 1.44 bits per heavy atom. The first-order valence-electron chi connectivity index (χ1n) is 6.41. The Bertz CT molecular complexity index is 386. The van der Waals surface area contributed by atoms with Gasteiger partial charge in [0.1, 0.15) is 0 Å². The monoisotopic (exact) mass is 310 g/mol. The SMILES string of the molecule is C=CC(COC1CCCCO1)c1ccccc1Br. The number of rotatable bonds is 5. The van der Waals surface area contributed by atoms with Gasteiger partial charge in [-0.15, -0.1) is 6.58 Å². The van der Waals surface area contributed by atoms with Crippen LogP contribution in [0.15, 0.2) is 41.4 Å². The molecule has 2 nitrogen and oxygen atoms in total. The molecule has 2 unspecified atom stereocenters. The highest BCUT2D eigenvalue weighted by Gasteiger charge is 2.17. The molecule has 0 aromatic heterocycles. The van der Waals surface area contributed by atoms with Crippen LogP contribution in [0, 0.1) is 0 Å². The van der Waals surface area contributed by atoms with Crippen molar-refractivity contribution in [2.75, 3.05) is 13.2 Å². The molecule has 18 heavy (non-hydrogen) atoms. The van der Waals surface area contributed by atoms with Gasteiger partial charge in [-0.1, -0.05) is 40.2 Å². The summed E-state index contributed by atoms with van der Waals surface area (Å²) in [5.74, 6) is 0.200. The van der Waals surface area contributed by atoms with E-state index in [1.165, 1.54) is 12.0 Å². The fourth-order valence-corrected chi connectivity index (χ4v) is 2.69. The van der Waals surface area contributed by atoms with Crippen molar-refractivity contribution in [3.8, 4) is 0 Å². The summed E-state index contributed by atoms with van der Waals surface area (Å²) < 4.78 is 12.5. The minimum absolute atomic E-state index is 0.0383. The van der Waals surface area contributed by atoms with Crippen molar-refractivity contribution in [1.82, 2.24) is 0 Å². The van der Waals surface area contributed by atoms with Gasteiger partial charge in [-0.05, 0) is 30.9 Å². The highest BCUT2D eigenvalue weighted by atomic mass is 79.9. The quantitative estimate of drug-likeness (QED) is 0.756. The van der Waals surface area contributed by atoms with Crippen molar-refractivity contribution in [1.29, 1.82) is 0 Å². The summed E-state index contributed by atoms with van der Waals surface area (Å²) in [5.41, 5.74) is 1.21. The fourth-order valence-electron chi connectivity index (χ4n) is 2.11. The molecule has 0 amide bonds. The Hall–Kier alpha value is -0.640. The molecule has 0 saturated carbocycles. The minimum atomic E-state index is -0.0383. The molecule has 1 saturated heterocycles. The molecule has 0 N–H and O–H groups in total. The third-order valence-electron chi connectivity index (χ3n) is 3.19. The predicted molar refractivity (Wildman–Crippen MR) is 76.6 cm³/mol. The Morgan fingerprint density at radius 2 is 2.28 bits per heavy atom. The smallest absolute Gasteiger partial charge is 0.157 e. The van der Waals surface area contributed by atoms with Crippen molar-refractivity contribution in [3.05, 3.63) is 47.0 Å². The maximum atomic E-state index is 5.83. The standard InChI is InChI=1S/C15H19BrO2/c1-2-12(13-7-3-4-8-14(13)16)11-18-15-9-5-6-10-17-15/h2-4,7-8,12,15H,1,5-6,9-11H2. The van der Waals surface area contributed by atoms with E-state index in [1.54, 1.807) is 0 Å². The molecule has 0 radical (unpaired) electrons. The lowest BCUT2D eigenvalue weighted by atomic mass is 10.0. The van der Waals surface area contributed by atoms with Crippen LogP contribution in [0.1, 0.15) is 30.7 Å². The first-order chi connectivity index (χ1) is 8.81. The summed E-state index contributed by atoms with van der Waals surface area (Å²) in [5, 5.41) is 0. The minimum Gasteiger partial charge on any atom is -0.353 e. The molecule has 1 aromatic carbocycles. The van der Waals surface area contributed by atoms with Gasteiger partial charge in [0.15, 0.2) is 6.29 Å². The zero-order valence-corrected chi connectivity index (χ0v) is 12.1. The third-order valence-corrected chi connectivity index (χ3v) is 3.91. The van der Waals surface area contributed by atoms with Gasteiger partial charge in [0.05, 0.1) is 6.61 Å². The summed E-state index contributed by atoms with van der Waals surface area (Å²) in [6.07, 6.45) is 5.24. The predicted octanol–water partition coefficient (Wildman–Crippen LogP) is 4.26. The lowest BCUT2D eigenvalue weighted by Gasteiger charge is -2.24. The Morgan fingerprint density at radius 3 is 2.94 bits per heavy atom. The van der Waals surface area contributed by atoms with Crippen LogP contribution in [0.3, 0.4) is 0 Å². The molecule has 1 aromatic rings. The molecular formula is C15H19BrO2. The molecule has 2 rings (SSSR count). The van der Waals surface area contributed by atoms with Gasteiger partial charge in [0, 0.05) is 17.0 Å². The number of ether oxygens (including phenoxy) is 2. The van der Waals surface area contributed by atoms with Crippen molar-refractivity contribution in [2.45, 2.75) is 31.5 Å². The molecule has 0 aliphatic carbocycles. The van der Waals surface area contributed by atoms with E-state index in [1.807, 2.05) is 24.3 Å². The first kappa shape index (κ1) is 13.8. The van der Waals surface area contributed by atoms with Gasteiger partial charge >= 0.3 is 0 Å². The fraction of sp³-hybridized carbons (Fsp3) is 0.467. The van der Waals surface area contributed by atoms with Gasteiger partial charge in [0.25, 0.3) is 0 Å². The van der Waals surface area contributed by atoms with Crippen LogP contribution in [0.25, 0.3) is 0 Å². The highest BCUT2D eigenvalue weighted by Crippen LogP contribution is 2.27. The third kappa shape index (κ3) is 3.67. The highest BCUT2D eigenvalue weighted by molar-refractivity contribution is 9.10. The molecule has 1 aliphatic heterocycles. The lowest BCUT2D eigenvalue weighted by Crippen LogP contribution is -2.24. The van der Waals surface area contributed by atoms with Crippen molar-refractivity contribution < 1.29 is 9.47 Å². The zero-order valence-electron chi connectivity index (χ0n) is 10.5. The second-order valence-electron chi connectivity index (χ2n) is 4.49. The number of halogens is 1. The number of hydrogen-bond acceptors (Lipinski definition) is 2.